The van der Waals surface area contributed by atoms with Gasteiger partial charge in [-0.1, -0.05) is 71.9 Å². The van der Waals surface area contributed by atoms with Gasteiger partial charge in [-0.2, -0.15) is 0 Å². The third-order valence-electron chi connectivity index (χ3n) is 4.68. The van der Waals surface area contributed by atoms with Crippen molar-refractivity contribution in [3.63, 3.8) is 0 Å². The van der Waals surface area contributed by atoms with Crippen LogP contribution in [-0.4, -0.2) is 23.7 Å². The smallest absolute Gasteiger partial charge is 0.339 e. The van der Waals surface area contributed by atoms with Gasteiger partial charge < -0.3 is 9.84 Å². The quantitative estimate of drug-likeness (QED) is 0.593. The highest BCUT2D eigenvalue weighted by atomic mass is 16.5. The molecular formula is C22H34O4. The van der Waals surface area contributed by atoms with Crippen molar-refractivity contribution in [2.75, 3.05) is 6.61 Å². The maximum absolute atomic E-state index is 11.7. The number of esters is 1. The summed E-state index contributed by atoms with van der Waals surface area (Å²) in [6.07, 6.45) is 8.26. The molecule has 0 amide bonds. The van der Waals surface area contributed by atoms with Gasteiger partial charge in [0.15, 0.2) is 0 Å². The monoisotopic (exact) mass is 362 g/mol. The summed E-state index contributed by atoms with van der Waals surface area (Å²) in [4.78, 5) is 22.6. The predicted molar refractivity (Wildman–Crippen MR) is 105 cm³/mol. The summed E-state index contributed by atoms with van der Waals surface area (Å²) < 4.78 is 5.03. The Morgan fingerprint density at radius 3 is 2.08 bits per heavy atom. The molecule has 0 saturated heterocycles. The van der Waals surface area contributed by atoms with E-state index in [-0.39, 0.29) is 11.1 Å². The Labute approximate surface area is 158 Å². The maximum atomic E-state index is 11.7. The fourth-order valence-corrected chi connectivity index (χ4v) is 2.66. The molecule has 1 aromatic carbocycles. The largest absolute Gasteiger partial charge is 0.478 e. The first-order valence-electron chi connectivity index (χ1n) is 9.80. The Bertz CT molecular complexity index is 559. The molecule has 0 aliphatic heterocycles. The first-order valence-corrected chi connectivity index (χ1v) is 9.80. The molecule has 1 aliphatic carbocycles. The van der Waals surface area contributed by atoms with Gasteiger partial charge in [0.25, 0.3) is 0 Å². The average molecular weight is 363 g/mol. The highest BCUT2D eigenvalue weighted by molar-refractivity contribution is 6.02. The average Bonchev–Trinajstić information content (AvgIpc) is 2.53. The van der Waals surface area contributed by atoms with E-state index in [0.29, 0.717) is 12.5 Å². The topological polar surface area (TPSA) is 63.6 Å². The van der Waals surface area contributed by atoms with E-state index in [1.807, 2.05) is 13.8 Å². The molecule has 0 unspecified atom stereocenters. The molecule has 1 fully saturated rings. The van der Waals surface area contributed by atoms with Gasteiger partial charge in [-0.25, -0.2) is 9.59 Å². The van der Waals surface area contributed by atoms with Crippen molar-refractivity contribution >= 4 is 11.9 Å². The molecule has 0 aromatic heterocycles. The number of carboxylic acids is 1. The van der Waals surface area contributed by atoms with E-state index in [1.54, 1.807) is 12.1 Å². The highest BCUT2D eigenvalue weighted by Gasteiger charge is 2.17. The zero-order valence-corrected chi connectivity index (χ0v) is 16.7. The molecule has 1 saturated carbocycles. The molecule has 146 valence electrons. The molecule has 0 heterocycles. The van der Waals surface area contributed by atoms with E-state index >= 15 is 0 Å². The van der Waals surface area contributed by atoms with Crippen molar-refractivity contribution in [2.24, 2.45) is 17.8 Å². The van der Waals surface area contributed by atoms with Gasteiger partial charge in [0, 0.05) is 0 Å². The third-order valence-corrected chi connectivity index (χ3v) is 4.68. The van der Waals surface area contributed by atoms with Crippen molar-refractivity contribution in [1.82, 2.24) is 0 Å². The molecule has 2 rings (SSSR count). The van der Waals surface area contributed by atoms with Crippen molar-refractivity contribution in [2.45, 2.75) is 66.2 Å². The number of hydrogen-bond donors (Lipinski definition) is 1. The molecule has 0 radical (unpaired) electrons. The number of benzene rings is 1. The lowest BCUT2D eigenvalue weighted by molar-refractivity contribution is 0.0478. The number of carboxylic acid groups (broad SMARTS) is 1. The SMILES string of the molecule is CC(C)CCC1CCC1.CC(C)CCOC(=O)c1ccccc1C(=O)O. The summed E-state index contributed by atoms with van der Waals surface area (Å²) >= 11 is 0. The second kappa shape index (κ2) is 11.7. The summed E-state index contributed by atoms with van der Waals surface area (Å²) in [5.74, 6) is 0.778. The molecule has 26 heavy (non-hydrogen) atoms. The van der Waals surface area contributed by atoms with Crippen LogP contribution in [0.2, 0.25) is 0 Å². The van der Waals surface area contributed by atoms with Gasteiger partial charge in [-0.3, -0.25) is 0 Å². The Hall–Kier alpha value is -1.84. The first kappa shape index (κ1) is 22.2. The first-order chi connectivity index (χ1) is 12.3. The van der Waals surface area contributed by atoms with Gasteiger partial charge >= 0.3 is 11.9 Å². The Kier molecular flexibility index (Phi) is 10.0. The molecule has 1 aromatic rings. The number of ether oxygens (including phenoxy) is 1. The molecular weight excluding hydrogens is 328 g/mol. The second-order valence-electron chi connectivity index (χ2n) is 7.94. The Morgan fingerprint density at radius 1 is 1.04 bits per heavy atom. The maximum Gasteiger partial charge on any atom is 0.339 e. The summed E-state index contributed by atoms with van der Waals surface area (Å²) in [5, 5.41) is 8.92. The third kappa shape index (κ3) is 8.50. The van der Waals surface area contributed by atoms with Gasteiger partial charge in [-0.15, -0.1) is 0 Å². The number of carbonyl (C=O) groups excluding carboxylic acids is 1. The molecule has 0 atom stereocenters. The normalized spacial score (nSPS) is 13.8. The van der Waals surface area contributed by atoms with Crippen molar-refractivity contribution in [1.29, 1.82) is 0 Å². The fourth-order valence-electron chi connectivity index (χ4n) is 2.66. The predicted octanol–water partition coefficient (Wildman–Crippen LogP) is 5.81. The van der Waals surface area contributed by atoms with E-state index in [9.17, 15) is 9.59 Å². The van der Waals surface area contributed by atoms with E-state index < -0.39 is 11.9 Å². The van der Waals surface area contributed by atoms with Gasteiger partial charge in [-0.05, 0) is 36.3 Å². The zero-order chi connectivity index (χ0) is 19.5. The lowest BCUT2D eigenvalue weighted by Crippen LogP contribution is -2.12. The van der Waals surface area contributed by atoms with Crippen LogP contribution in [0.15, 0.2) is 24.3 Å². The summed E-state index contributed by atoms with van der Waals surface area (Å²) in [6, 6.07) is 6.04. The summed E-state index contributed by atoms with van der Waals surface area (Å²) in [6.45, 7) is 9.00. The lowest BCUT2D eigenvalue weighted by atomic mass is 9.81. The lowest BCUT2D eigenvalue weighted by Gasteiger charge is -2.25. The second-order valence-corrected chi connectivity index (χ2v) is 7.94. The van der Waals surface area contributed by atoms with Crippen LogP contribution in [-0.2, 0) is 4.74 Å². The number of hydrogen-bond acceptors (Lipinski definition) is 3. The Balaban J connectivity index is 0.000000314. The minimum Gasteiger partial charge on any atom is -0.478 e. The van der Waals surface area contributed by atoms with Crippen LogP contribution in [0.3, 0.4) is 0 Å². The van der Waals surface area contributed by atoms with Gasteiger partial charge in [0.05, 0.1) is 17.7 Å². The van der Waals surface area contributed by atoms with Crippen molar-refractivity contribution < 1.29 is 19.4 Å². The minimum absolute atomic E-state index is 0.0259. The van der Waals surface area contributed by atoms with Crippen LogP contribution in [0.5, 0.6) is 0 Å². The van der Waals surface area contributed by atoms with Crippen LogP contribution in [0.25, 0.3) is 0 Å². The zero-order valence-electron chi connectivity index (χ0n) is 16.7. The molecule has 4 heteroatoms. The van der Waals surface area contributed by atoms with Crippen LogP contribution in [0.1, 0.15) is 86.9 Å². The van der Waals surface area contributed by atoms with Crippen molar-refractivity contribution in [3.05, 3.63) is 35.4 Å². The Morgan fingerprint density at radius 2 is 1.62 bits per heavy atom. The molecule has 1 aliphatic rings. The molecule has 4 nitrogen and oxygen atoms in total. The van der Waals surface area contributed by atoms with Gasteiger partial charge in [0.1, 0.15) is 0 Å². The number of rotatable bonds is 8. The van der Waals surface area contributed by atoms with Crippen LogP contribution < -0.4 is 0 Å². The standard InChI is InChI=1S/C13H16O4.C9H18/c1-9(2)7-8-17-13(16)11-6-4-3-5-10(11)12(14)15;1-8(2)6-7-9-4-3-5-9/h3-6,9H,7-8H2,1-2H3,(H,14,15);8-9H,3-7H2,1-2H3. The minimum atomic E-state index is -1.12. The molecule has 0 spiro atoms. The number of carbonyl (C=O) groups is 2. The van der Waals surface area contributed by atoms with Crippen LogP contribution in [0.4, 0.5) is 0 Å². The summed E-state index contributed by atoms with van der Waals surface area (Å²) in [7, 11) is 0. The fraction of sp³-hybridized carbons (Fsp3) is 0.636. The van der Waals surface area contributed by atoms with Gasteiger partial charge in [0.2, 0.25) is 0 Å². The summed E-state index contributed by atoms with van der Waals surface area (Å²) in [5.41, 5.74) is 0.0748. The van der Waals surface area contributed by atoms with E-state index in [0.717, 1.165) is 18.3 Å². The molecule has 1 N–H and O–H groups in total. The van der Waals surface area contributed by atoms with Crippen LogP contribution >= 0.6 is 0 Å². The highest BCUT2D eigenvalue weighted by Crippen LogP contribution is 2.31. The molecule has 0 bridgehead atoms. The van der Waals surface area contributed by atoms with Crippen molar-refractivity contribution in [3.8, 4) is 0 Å². The van der Waals surface area contributed by atoms with E-state index in [2.05, 4.69) is 13.8 Å². The van der Waals surface area contributed by atoms with Crippen LogP contribution in [0, 0.1) is 17.8 Å². The number of aromatic carboxylic acids is 1. The van der Waals surface area contributed by atoms with E-state index in [4.69, 9.17) is 9.84 Å². The van der Waals surface area contributed by atoms with E-state index in [1.165, 1.54) is 44.2 Å².